The summed E-state index contributed by atoms with van der Waals surface area (Å²) in [6, 6.07) is 15.1. The Morgan fingerprint density at radius 1 is 1.23 bits per heavy atom. The summed E-state index contributed by atoms with van der Waals surface area (Å²) in [5, 5.41) is 6.46. The Bertz CT molecular complexity index is 1110. The van der Waals surface area contributed by atoms with Gasteiger partial charge in [0.2, 0.25) is 5.91 Å². The highest BCUT2D eigenvalue weighted by Crippen LogP contribution is 2.35. The van der Waals surface area contributed by atoms with E-state index in [0.717, 1.165) is 22.4 Å². The molecule has 1 atom stereocenters. The third kappa shape index (κ3) is 3.93. The molecule has 0 spiro atoms. The van der Waals surface area contributed by atoms with Crippen LogP contribution < -0.4 is 10.2 Å². The van der Waals surface area contributed by atoms with E-state index in [4.69, 9.17) is 16.3 Å². The lowest BCUT2D eigenvalue weighted by Gasteiger charge is -2.19. The number of benzene rings is 2. The number of amides is 1. The summed E-state index contributed by atoms with van der Waals surface area (Å²) in [6.45, 7) is 2.58. The highest BCUT2D eigenvalue weighted by atomic mass is 35.5. The van der Waals surface area contributed by atoms with E-state index in [1.54, 1.807) is 16.3 Å². The van der Waals surface area contributed by atoms with Crippen molar-refractivity contribution in [3.63, 3.8) is 0 Å². The molecule has 7 heteroatoms. The van der Waals surface area contributed by atoms with E-state index in [1.807, 2.05) is 43.3 Å². The fraction of sp³-hybridized carbons (Fsp3) is 0.217. The molecule has 1 saturated heterocycles. The van der Waals surface area contributed by atoms with Crippen molar-refractivity contribution < 1.29 is 14.3 Å². The average Bonchev–Trinajstić information content (AvgIpc) is 3.35. The van der Waals surface area contributed by atoms with Crippen molar-refractivity contribution in [2.75, 3.05) is 23.9 Å². The van der Waals surface area contributed by atoms with E-state index in [-0.39, 0.29) is 11.9 Å². The fourth-order valence-electron chi connectivity index (χ4n) is 3.67. The number of halogens is 1. The molecule has 1 aliphatic rings. The minimum absolute atomic E-state index is 0.0623. The van der Waals surface area contributed by atoms with Gasteiger partial charge in [0.05, 0.1) is 12.7 Å². The third-order valence-electron chi connectivity index (χ3n) is 5.14. The van der Waals surface area contributed by atoms with Gasteiger partial charge >= 0.3 is 5.97 Å². The van der Waals surface area contributed by atoms with E-state index in [1.165, 1.54) is 18.4 Å². The lowest BCUT2D eigenvalue weighted by Crippen LogP contribution is -2.33. The number of carbonyl (C=O) groups is 2. The van der Waals surface area contributed by atoms with Gasteiger partial charge in [0.15, 0.2) is 0 Å². The largest absolute Gasteiger partial charge is 0.465 e. The van der Waals surface area contributed by atoms with E-state index in [2.05, 4.69) is 11.4 Å². The van der Waals surface area contributed by atoms with Gasteiger partial charge in [-0.15, -0.1) is 11.3 Å². The van der Waals surface area contributed by atoms with E-state index in [9.17, 15) is 9.59 Å². The SMILES string of the molecule is COC(=O)c1ccsc1N1CCC(Nc2ccc(Cl)cc2-c2cccc(C)c2)C1=O. The molecule has 1 aliphatic heterocycles. The van der Waals surface area contributed by atoms with Crippen molar-refractivity contribution in [2.24, 2.45) is 0 Å². The molecule has 0 saturated carbocycles. The van der Waals surface area contributed by atoms with Gasteiger partial charge in [0.25, 0.3) is 0 Å². The minimum Gasteiger partial charge on any atom is -0.465 e. The number of aryl methyl sites for hydroxylation is 1. The number of carbonyl (C=O) groups excluding carboxylic acids is 2. The first-order valence-electron chi connectivity index (χ1n) is 9.58. The Kier molecular flexibility index (Phi) is 5.79. The topological polar surface area (TPSA) is 58.6 Å². The molecule has 5 nitrogen and oxygen atoms in total. The number of anilines is 2. The molecule has 0 bridgehead atoms. The van der Waals surface area contributed by atoms with Crippen molar-refractivity contribution in [1.29, 1.82) is 0 Å². The van der Waals surface area contributed by atoms with Crippen LogP contribution in [0.5, 0.6) is 0 Å². The summed E-state index contributed by atoms with van der Waals surface area (Å²) >= 11 is 7.62. The number of esters is 1. The first-order chi connectivity index (χ1) is 14.5. The first kappa shape index (κ1) is 20.4. The van der Waals surface area contributed by atoms with Crippen molar-refractivity contribution in [1.82, 2.24) is 0 Å². The number of rotatable bonds is 5. The van der Waals surface area contributed by atoms with Crippen LogP contribution in [-0.4, -0.2) is 31.6 Å². The lowest BCUT2D eigenvalue weighted by atomic mass is 10.0. The molecule has 1 amide bonds. The van der Waals surface area contributed by atoms with Gasteiger partial charge in [0.1, 0.15) is 11.0 Å². The zero-order valence-electron chi connectivity index (χ0n) is 16.6. The number of nitrogens with zero attached hydrogens (tertiary/aromatic N) is 1. The predicted molar refractivity (Wildman–Crippen MR) is 122 cm³/mol. The second kappa shape index (κ2) is 8.50. The zero-order valence-corrected chi connectivity index (χ0v) is 18.2. The van der Waals surface area contributed by atoms with Crippen LogP contribution in [0.15, 0.2) is 53.9 Å². The van der Waals surface area contributed by atoms with Crippen molar-refractivity contribution in [3.8, 4) is 11.1 Å². The maximum absolute atomic E-state index is 13.1. The van der Waals surface area contributed by atoms with Crippen LogP contribution in [-0.2, 0) is 9.53 Å². The van der Waals surface area contributed by atoms with Crippen molar-refractivity contribution >= 4 is 45.5 Å². The number of hydrogen-bond acceptors (Lipinski definition) is 5. The zero-order chi connectivity index (χ0) is 21.3. The molecule has 1 unspecified atom stereocenters. The van der Waals surface area contributed by atoms with Crippen LogP contribution in [0.25, 0.3) is 11.1 Å². The van der Waals surface area contributed by atoms with Gasteiger partial charge in [-0.1, -0.05) is 41.4 Å². The lowest BCUT2D eigenvalue weighted by molar-refractivity contribution is -0.117. The van der Waals surface area contributed by atoms with Gasteiger partial charge in [-0.3, -0.25) is 4.79 Å². The molecule has 1 fully saturated rings. The third-order valence-corrected chi connectivity index (χ3v) is 6.31. The summed E-state index contributed by atoms with van der Waals surface area (Å²) in [5.41, 5.74) is 4.40. The number of hydrogen-bond donors (Lipinski definition) is 1. The average molecular weight is 441 g/mol. The number of nitrogens with one attached hydrogen (secondary N) is 1. The molecule has 1 N–H and O–H groups in total. The summed E-state index contributed by atoms with van der Waals surface area (Å²) in [6.07, 6.45) is 0.632. The van der Waals surface area contributed by atoms with Crippen molar-refractivity contribution in [2.45, 2.75) is 19.4 Å². The molecule has 0 aliphatic carbocycles. The van der Waals surface area contributed by atoms with Gasteiger partial charge < -0.3 is 15.0 Å². The quantitative estimate of drug-likeness (QED) is 0.541. The Morgan fingerprint density at radius 2 is 2.07 bits per heavy atom. The molecule has 0 radical (unpaired) electrons. The molecular weight excluding hydrogens is 420 g/mol. The van der Waals surface area contributed by atoms with Crippen LogP contribution >= 0.6 is 22.9 Å². The highest BCUT2D eigenvalue weighted by Gasteiger charge is 2.35. The van der Waals surface area contributed by atoms with Crippen LogP contribution in [0.4, 0.5) is 10.7 Å². The van der Waals surface area contributed by atoms with Crippen LogP contribution in [0.3, 0.4) is 0 Å². The molecule has 2 aromatic carbocycles. The highest BCUT2D eigenvalue weighted by molar-refractivity contribution is 7.14. The minimum atomic E-state index is -0.435. The monoisotopic (exact) mass is 440 g/mol. The molecule has 2 heterocycles. The van der Waals surface area contributed by atoms with Gasteiger partial charge in [-0.25, -0.2) is 4.79 Å². The molecular formula is C23H21ClN2O3S. The Balaban J connectivity index is 1.60. The Hall–Kier alpha value is -2.83. The fourth-order valence-corrected chi connectivity index (χ4v) is 4.76. The van der Waals surface area contributed by atoms with Crippen LogP contribution in [0.1, 0.15) is 22.3 Å². The number of thiophene rings is 1. The van der Waals surface area contributed by atoms with E-state index >= 15 is 0 Å². The summed E-state index contributed by atoms with van der Waals surface area (Å²) in [7, 11) is 1.34. The van der Waals surface area contributed by atoms with Crippen molar-refractivity contribution in [3.05, 3.63) is 70.1 Å². The summed E-state index contributed by atoms with van der Waals surface area (Å²) < 4.78 is 4.84. The second-order valence-corrected chi connectivity index (χ2v) is 8.50. The number of ether oxygens (including phenoxy) is 1. The Morgan fingerprint density at radius 3 is 2.83 bits per heavy atom. The smallest absolute Gasteiger partial charge is 0.340 e. The predicted octanol–water partition coefficient (Wildman–Crippen LogP) is 5.38. The molecule has 30 heavy (non-hydrogen) atoms. The van der Waals surface area contributed by atoms with Gasteiger partial charge in [-0.2, -0.15) is 0 Å². The van der Waals surface area contributed by atoms with Crippen LogP contribution in [0, 0.1) is 6.92 Å². The number of methoxy groups -OCH3 is 1. The normalized spacial score (nSPS) is 16.0. The van der Waals surface area contributed by atoms with Gasteiger partial charge in [0, 0.05) is 22.8 Å². The van der Waals surface area contributed by atoms with Crippen LogP contribution in [0.2, 0.25) is 5.02 Å². The maximum atomic E-state index is 13.1. The van der Waals surface area contributed by atoms with E-state index < -0.39 is 5.97 Å². The summed E-state index contributed by atoms with van der Waals surface area (Å²) in [4.78, 5) is 26.8. The van der Waals surface area contributed by atoms with Gasteiger partial charge in [-0.05, 0) is 48.6 Å². The Labute approximate surface area is 184 Å². The standard InChI is InChI=1S/C23H21ClN2O3S/c1-14-4-3-5-15(12-14)18-13-16(24)6-7-19(18)25-20-8-10-26(21(20)27)22-17(9-11-30-22)23(28)29-2/h3-7,9,11-13,20,25H,8,10H2,1-2H3. The molecule has 4 rings (SSSR count). The second-order valence-electron chi connectivity index (χ2n) is 7.17. The molecule has 154 valence electrons. The molecule has 3 aromatic rings. The summed E-state index contributed by atoms with van der Waals surface area (Å²) in [5.74, 6) is -0.498. The molecule has 1 aromatic heterocycles. The first-order valence-corrected chi connectivity index (χ1v) is 10.8. The van der Waals surface area contributed by atoms with E-state index in [0.29, 0.717) is 28.6 Å². The maximum Gasteiger partial charge on any atom is 0.340 e.